The van der Waals surface area contributed by atoms with Crippen LogP contribution in [0.3, 0.4) is 0 Å². The number of hydrogen-bond acceptors (Lipinski definition) is 2. The zero-order chi connectivity index (χ0) is 13.1. The van der Waals surface area contributed by atoms with Crippen molar-refractivity contribution in [3.8, 4) is 0 Å². The van der Waals surface area contributed by atoms with Crippen LogP contribution in [-0.4, -0.2) is 29.9 Å². The predicted molar refractivity (Wildman–Crippen MR) is 73.9 cm³/mol. The van der Waals surface area contributed by atoms with Gasteiger partial charge in [0, 0.05) is 25.0 Å². The lowest BCUT2D eigenvalue weighted by Gasteiger charge is -2.23. The van der Waals surface area contributed by atoms with Crippen LogP contribution < -0.4 is 5.73 Å². The number of likely N-dealkylation sites (tertiary alicyclic amines) is 1. The Bertz CT molecular complexity index is 329. The summed E-state index contributed by atoms with van der Waals surface area (Å²) >= 11 is 0. The topological polar surface area (TPSA) is 46.3 Å². The molecule has 2 fully saturated rings. The second-order valence-electron chi connectivity index (χ2n) is 5.65. The molecular weight excluding hydrogens is 224 g/mol. The number of nitrogens with zero attached hydrogens (tertiary/aromatic N) is 1. The van der Waals surface area contributed by atoms with Crippen LogP contribution in [-0.2, 0) is 4.79 Å². The quantitative estimate of drug-likeness (QED) is 0.756. The summed E-state index contributed by atoms with van der Waals surface area (Å²) in [5.41, 5.74) is 6.11. The Kier molecular flexibility index (Phi) is 4.23. The van der Waals surface area contributed by atoms with Crippen molar-refractivity contribution in [1.82, 2.24) is 4.90 Å². The highest BCUT2D eigenvalue weighted by molar-refractivity contribution is 5.79. The molecule has 2 aliphatic rings. The first-order chi connectivity index (χ1) is 8.67. The standard InChI is InChI=1S/C15H24N2O/c1-3-5-11(6-4-2)15(18)17-9-12-7-8-14(16)13(12)10-17/h3-4,11-14H,1-2,5-10,16H2. The molecule has 0 spiro atoms. The van der Waals surface area contributed by atoms with Crippen LogP contribution in [0.15, 0.2) is 25.3 Å². The number of hydrogen-bond donors (Lipinski definition) is 1. The normalized spacial score (nSPS) is 30.6. The molecule has 1 saturated heterocycles. The number of fused-ring (bicyclic) bond motifs is 1. The summed E-state index contributed by atoms with van der Waals surface area (Å²) in [6.07, 6.45) is 7.44. The highest BCUT2D eigenvalue weighted by Crippen LogP contribution is 2.37. The van der Waals surface area contributed by atoms with Gasteiger partial charge in [-0.05, 0) is 37.5 Å². The van der Waals surface area contributed by atoms with Gasteiger partial charge in [0.25, 0.3) is 0 Å². The highest BCUT2D eigenvalue weighted by Gasteiger charge is 2.43. The summed E-state index contributed by atoms with van der Waals surface area (Å²) in [5, 5.41) is 0. The fourth-order valence-electron chi connectivity index (χ4n) is 3.45. The van der Waals surface area contributed by atoms with Crippen LogP contribution in [0.1, 0.15) is 25.7 Å². The predicted octanol–water partition coefficient (Wildman–Crippen LogP) is 1.95. The van der Waals surface area contributed by atoms with E-state index in [-0.39, 0.29) is 11.8 Å². The third-order valence-corrected chi connectivity index (χ3v) is 4.48. The third kappa shape index (κ3) is 2.51. The third-order valence-electron chi connectivity index (χ3n) is 4.48. The highest BCUT2D eigenvalue weighted by atomic mass is 16.2. The molecule has 18 heavy (non-hydrogen) atoms. The van der Waals surface area contributed by atoms with Crippen LogP contribution in [0.4, 0.5) is 0 Å². The zero-order valence-corrected chi connectivity index (χ0v) is 11.1. The molecule has 3 unspecified atom stereocenters. The lowest BCUT2D eigenvalue weighted by molar-refractivity contribution is -0.134. The Morgan fingerprint density at radius 1 is 1.28 bits per heavy atom. The van der Waals surface area contributed by atoms with E-state index in [1.807, 2.05) is 17.1 Å². The van der Waals surface area contributed by atoms with Crippen LogP contribution in [0.2, 0.25) is 0 Å². The van der Waals surface area contributed by atoms with E-state index in [2.05, 4.69) is 13.2 Å². The van der Waals surface area contributed by atoms with Crippen molar-refractivity contribution in [2.75, 3.05) is 13.1 Å². The Balaban J connectivity index is 1.97. The van der Waals surface area contributed by atoms with Gasteiger partial charge >= 0.3 is 0 Å². The van der Waals surface area contributed by atoms with Crippen molar-refractivity contribution in [1.29, 1.82) is 0 Å². The molecule has 100 valence electrons. The molecule has 0 bridgehead atoms. The monoisotopic (exact) mass is 248 g/mol. The number of nitrogens with two attached hydrogens (primary N) is 1. The lowest BCUT2D eigenvalue weighted by atomic mass is 9.98. The second kappa shape index (κ2) is 5.70. The minimum atomic E-state index is 0.0232. The van der Waals surface area contributed by atoms with E-state index >= 15 is 0 Å². The van der Waals surface area contributed by atoms with E-state index in [1.54, 1.807) is 0 Å². The summed E-state index contributed by atoms with van der Waals surface area (Å²) in [7, 11) is 0. The first-order valence-corrected chi connectivity index (χ1v) is 6.93. The first-order valence-electron chi connectivity index (χ1n) is 6.93. The van der Waals surface area contributed by atoms with E-state index in [0.717, 1.165) is 32.4 Å². The molecule has 1 saturated carbocycles. The Hall–Kier alpha value is -1.09. The Labute approximate surface area is 110 Å². The molecule has 0 aromatic carbocycles. The summed E-state index contributed by atoms with van der Waals surface area (Å²) < 4.78 is 0. The van der Waals surface area contributed by atoms with E-state index in [1.165, 1.54) is 6.42 Å². The number of carbonyl (C=O) groups is 1. The SMILES string of the molecule is C=CCC(CC=C)C(=O)N1CC2CCC(N)C2C1. The van der Waals surface area contributed by atoms with Crippen LogP contribution in [0.25, 0.3) is 0 Å². The molecule has 0 aromatic heterocycles. The average Bonchev–Trinajstić information content (AvgIpc) is 2.91. The zero-order valence-electron chi connectivity index (χ0n) is 11.1. The molecule has 1 aliphatic carbocycles. The maximum Gasteiger partial charge on any atom is 0.226 e. The maximum absolute atomic E-state index is 12.5. The van der Waals surface area contributed by atoms with Crippen molar-refractivity contribution in [3.05, 3.63) is 25.3 Å². The summed E-state index contributed by atoms with van der Waals surface area (Å²) in [5.74, 6) is 1.45. The molecule has 2 rings (SSSR count). The van der Waals surface area contributed by atoms with E-state index in [4.69, 9.17) is 5.73 Å². The van der Waals surface area contributed by atoms with Crippen LogP contribution in [0, 0.1) is 17.8 Å². The fourth-order valence-corrected chi connectivity index (χ4v) is 3.45. The van der Waals surface area contributed by atoms with Gasteiger partial charge < -0.3 is 10.6 Å². The van der Waals surface area contributed by atoms with Gasteiger partial charge in [0.05, 0.1) is 0 Å². The van der Waals surface area contributed by atoms with Crippen molar-refractivity contribution in [2.45, 2.75) is 31.7 Å². The molecule has 1 aliphatic heterocycles. The van der Waals surface area contributed by atoms with Gasteiger partial charge in [-0.3, -0.25) is 4.79 Å². The molecule has 0 aromatic rings. The van der Waals surface area contributed by atoms with E-state index in [9.17, 15) is 4.79 Å². The van der Waals surface area contributed by atoms with Crippen molar-refractivity contribution < 1.29 is 4.79 Å². The molecule has 2 N–H and O–H groups in total. The van der Waals surface area contributed by atoms with Gasteiger partial charge in [-0.25, -0.2) is 0 Å². The van der Waals surface area contributed by atoms with Crippen LogP contribution >= 0.6 is 0 Å². The second-order valence-corrected chi connectivity index (χ2v) is 5.65. The molecule has 0 radical (unpaired) electrons. The van der Waals surface area contributed by atoms with Gasteiger partial charge in [0.2, 0.25) is 5.91 Å². The van der Waals surface area contributed by atoms with Gasteiger partial charge in [-0.15, -0.1) is 13.2 Å². The smallest absolute Gasteiger partial charge is 0.226 e. The molecule has 3 heteroatoms. The minimum absolute atomic E-state index is 0.0232. The first kappa shape index (κ1) is 13.3. The average molecular weight is 248 g/mol. The van der Waals surface area contributed by atoms with Crippen molar-refractivity contribution in [3.63, 3.8) is 0 Å². The Morgan fingerprint density at radius 3 is 2.50 bits per heavy atom. The molecule has 3 nitrogen and oxygen atoms in total. The molecule has 3 atom stereocenters. The maximum atomic E-state index is 12.5. The molecule has 1 heterocycles. The van der Waals surface area contributed by atoms with Crippen molar-refractivity contribution in [2.24, 2.45) is 23.5 Å². The number of amides is 1. The van der Waals surface area contributed by atoms with Gasteiger partial charge in [0.15, 0.2) is 0 Å². The summed E-state index contributed by atoms with van der Waals surface area (Å²) in [6, 6.07) is 0.296. The molecular formula is C15H24N2O. The largest absolute Gasteiger partial charge is 0.342 e. The summed E-state index contributed by atoms with van der Waals surface area (Å²) in [4.78, 5) is 14.5. The van der Waals surface area contributed by atoms with E-state index < -0.39 is 0 Å². The van der Waals surface area contributed by atoms with Gasteiger partial charge in [0.1, 0.15) is 0 Å². The fraction of sp³-hybridized carbons (Fsp3) is 0.667. The summed E-state index contributed by atoms with van der Waals surface area (Å²) in [6.45, 7) is 9.23. The Morgan fingerprint density at radius 2 is 1.94 bits per heavy atom. The van der Waals surface area contributed by atoms with Crippen molar-refractivity contribution >= 4 is 5.91 Å². The number of rotatable bonds is 5. The minimum Gasteiger partial charge on any atom is -0.342 e. The number of carbonyl (C=O) groups excluding carboxylic acids is 1. The lowest BCUT2D eigenvalue weighted by Crippen LogP contribution is -2.37. The van der Waals surface area contributed by atoms with E-state index in [0.29, 0.717) is 17.9 Å². The number of allylic oxidation sites excluding steroid dienone is 2. The van der Waals surface area contributed by atoms with Crippen LogP contribution in [0.5, 0.6) is 0 Å². The van der Waals surface area contributed by atoms with Gasteiger partial charge in [-0.1, -0.05) is 12.2 Å². The van der Waals surface area contributed by atoms with Gasteiger partial charge in [-0.2, -0.15) is 0 Å². The molecule has 1 amide bonds.